The molecule has 23 heavy (non-hydrogen) atoms. The topological polar surface area (TPSA) is 42.2 Å². The summed E-state index contributed by atoms with van der Waals surface area (Å²) in [6.07, 6.45) is 5.02. The molecule has 116 valence electrons. The number of amides is 1. The molecule has 0 saturated carbocycles. The van der Waals surface area contributed by atoms with Gasteiger partial charge >= 0.3 is 0 Å². The molecule has 4 heteroatoms. The SMILES string of the molecule is O=C(C=Cc1ccccc1)NCC(c1ccsc1)c1ccco1. The average molecular weight is 323 g/mol. The lowest BCUT2D eigenvalue weighted by atomic mass is 9.99. The summed E-state index contributed by atoms with van der Waals surface area (Å²) in [6, 6.07) is 15.6. The number of hydrogen-bond acceptors (Lipinski definition) is 3. The summed E-state index contributed by atoms with van der Waals surface area (Å²) in [5.74, 6) is 0.779. The summed E-state index contributed by atoms with van der Waals surface area (Å²) in [4.78, 5) is 12.0. The van der Waals surface area contributed by atoms with Gasteiger partial charge in [0.05, 0.1) is 12.2 Å². The zero-order valence-corrected chi connectivity index (χ0v) is 13.3. The van der Waals surface area contributed by atoms with Crippen molar-refractivity contribution in [1.29, 1.82) is 0 Å². The van der Waals surface area contributed by atoms with Gasteiger partial charge < -0.3 is 9.73 Å². The van der Waals surface area contributed by atoms with Gasteiger partial charge in [-0.1, -0.05) is 30.3 Å². The molecule has 0 aliphatic heterocycles. The standard InChI is InChI=1S/C19H17NO2S/c21-19(9-8-15-5-2-1-3-6-15)20-13-17(16-10-12-23-14-16)18-7-4-11-22-18/h1-12,14,17H,13H2,(H,20,21). The fourth-order valence-electron chi connectivity index (χ4n) is 2.34. The first-order chi connectivity index (χ1) is 11.3. The molecule has 3 aromatic rings. The molecule has 0 radical (unpaired) electrons. The van der Waals surface area contributed by atoms with Crippen LogP contribution in [0, 0.1) is 0 Å². The third kappa shape index (κ3) is 4.20. The van der Waals surface area contributed by atoms with Crippen molar-refractivity contribution < 1.29 is 9.21 Å². The van der Waals surface area contributed by atoms with E-state index in [1.165, 1.54) is 0 Å². The Hall–Kier alpha value is -2.59. The second-order valence-corrected chi connectivity index (χ2v) is 5.89. The molecule has 0 aliphatic rings. The molecule has 0 fully saturated rings. The van der Waals surface area contributed by atoms with Crippen molar-refractivity contribution in [2.45, 2.75) is 5.92 Å². The molecule has 0 saturated heterocycles. The van der Waals surface area contributed by atoms with Crippen molar-refractivity contribution in [1.82, 2.24) is 5.32 Å². The molecule has 0 bridgehead atoms. The van der Waals surface area contributed by atoms with Gasteiger partial charge in [0.15, 0.2) is 0 Å². The highest BCUT2D eigenvalue weighted by atomic mass is 32.1. The maximum absolute atomic E-state index is 12.0. The van der Waals surface area contributed by atoms with Crippen molar-refractivity contribution in [3.05, 3.63) is 88.5 Å². The van der Waals surface area contributed by atoms with Crippen LogP contribution in [0.1, 0.15) is 22.8 Å². The van der Waals surface area contributed by atoms with Crippen LogP contribution in [0.2, 0.25) is 0 Å². The Labute approximate surface area is 139 Å². The van der Waals surface area contributed by atoms with Crippen LogP contribution in [0.4, 0.5) is 0 Å². The minimum atomic E-state index is -0.111. The summed E-state index contributed by atoms with van der Waals surface area (Å²) in [5, 5.41) is 7.06. The summed E-state index contributed by atoms with van der Waals surface area (Å²) in [5.41, 5.74) is 2.15. The van der Waals surface area contributed by atoms with Gasteiger partial charge in [-0.3, -0.25) is 4.79 Å². The first-order valence-electron chi connectivity index (χ1n) is 7.39. The molecular formula is C19H17NO2S. The van der Waals surface area contributed by atoms with E-state index in [4.69, 9.17) is 4.42 Å². The largest absolute Gasteiger partial charge is 0.469 e. The summed E-state index contributed by atoms with van der Waals surface area (Å²) < 4.78 is 5.52. The third-order valence-corrected chi connectivity index (χ3v) is 4.24. The van der Waals surface area contributed by atoms with Crippen molar-refractivity contribution >= 4 is 23.3 Å². The summed E-state index contributed by atoms with van der Waals surface area (Å²) in [6.45, 7) is 0.502. The Bertz CT molecular complexity index is 712. The highest BCUT2D eigenvalue weighted by molar-refractivity contribution is 7.08. The first kappa shape index (κ1) is 15.3. The lowest BCUT2D eigenvalue weighted by Crippen LogP contribution is -2.27. The smallest absolute Gasteiger partial charge is 0.244 e. The van der Waals surface area contributed by atoms with Gasteiger partial charge in [-0.25, -0.2) is 0 Å². The average Bonchev–Trinajstić information content (AvgIpc) is 3.28. The number of rotatable bonds is 6. The van der Waals surface area contributed by atoms with E-state index >= 15 is 0 Å². The van der Waals surface area contributed by atoms with Gasteiger partial charge in [-0.05, 0) is 46.2 Å². The molecule has 3 nitrogen and oxygen atoms in total. The molecule has 0 aliphatic carbocycles. The summed E-state index contributed by atoms with van der Waals surface area (Å²) >= 11 is 1.64. The van der Waals surface area contributed by atoms with Gasteiger partial charge in [-0.15, -0.1) is 0 Å². The van der Waals surface area contributed by atoms with Crippen LogP contribution in [-0.4, -0.2) is 12.5 Å². The van der Waals surface area contributed by atoms with Crippen LogP contribution >= 0.6 is 11.3 Å². The van der Waals surface area contributed by atoms with Gasteiger partial charge in [0, 0.05) is 12.6 Å². The minimum absolute atomic E-state index is 0.0327. The van der Waals surface area contributed by atoms with Gasteiger partial charge in [0.2, 0.25) is 5.91 Å². The maximum atomic E-state index is 12.0. The molecular weight excluding hydrogens is 306 g/mol. The zero-order chi connectivity index (χ0) is 15.9. The summed E-state index contributed by atoms with van der Waals surface area (Å²) in [7, 11) is 0. The molecule has 1 unspecified atom stereocenters. The van der Waals surface area contributed by atoms with Gasteiger partial charge in [-0.2, -0.15) is 11.3 Å². The van der Waals surface area contributed by atoms with Crippen molar-refractivity contribution in [2.75, 3.05) is 6.54 Å². The Morgan fingerprint density at radius 2 is 2.04 bits per heavy atom. The number of furan rings is 1. The maximum Gasteiger partial charge on any atom is 0.244 e. The van der Waals surface area contributed by atoms with Gasteiger partial charge in [0.25, 0.3) is 0 Å². The minimum Gasteiger partial charge on any atom is -0.469 e. The van der Waals surface area contributed by atoms with E-state index in [-0.39, 0.29) is 11.8 Å². The molecule has 1 amide bonds. The van der Waals surface area contributed by atoms with E-state index in [9.17, 15) is 4.79 Å². The fourth-order valence-corrected chi connectivity index (χ4v) is 3.06. The van der Waals surface area contributed by atoms with Crippen molar-refractivity contribution in [3.63, 3.8) is 0 Å². The molecule has 1 aromatic carbocycles. The van der Waals surface area contributed by atoms with Crippen LogP contribution in [0.25, 0.3) is 6.08 Å². The Balaban J connectivity index is 1.63. The Morgan fingerprint density at radius 3 is 2.74 bits per heavy atom. The predicted molar refractivity (Wildman–Crippen MR) is 93.4 cm³/mol. The monoisotopic (exact) mass is 323 g/mol. The fraction of sp³-hybridized carbons (Fsp3) is 0.105. The van der Waals surface area contributed by atoms with Crippen LogP contribution in [-0.2, 0) is 4.79 Å². The van der Waals surface area contributed by atoms with E-state index in [1.807, 2.05) is 53.9 Å². The molecule has 0 spiro atoms. The van der Waals surface area contributed by atoms with Crippen LogP contribution in [0.5, 0.6) is 0 Å². The number of nitrogens with one attached hydrogen (secondary N) is 1. The van der Waals surface area contributed by atoms with Crippen LogP contribution in [0.3, 0.4) is 0 Å². The number of hydrogen-bond donors (Lipinski definition) is 1. The number of carbonyl (C=O) groups excluding carboxylic acids is 1. The van der Waals surface area contributed by atoms with Crippen LogP contribution < -0.4 is 5.32 Å². The normalized spacial score (nSPS) is 12.3. The van der Waals surface area contributed by atoms with Gasteiger partial charge in [0.1, 0.15) is 5.76 Å². The van der Waals surface area contributed by atoms with E-state index in [2.05, 4.69) is 16.8 Å². The number of carbonyl (C=O) groups is 1. The Morgan fingerprint density at radius 1 is 1.17 bits per heavy atom. The highest BCUT2D eigenvalue weighted by Crippen LogP contribution is 2.26. The number of thiophene rings is 1. The molecule has 1 N–H and O–H groups in total. The number of benzene rings is 1. The van der Waals surface area contributed by atoms with E-state index in [0.29, 0.717) is 6.54 Å². The second-order valence-electron chi connectivity index (χ2n) is 5.11. The Kier molecular flexibility index (Phi) is 5.06. The third-order valence-electron chi connectivity index (χ3n) is 3.54. The van der Waals surface area contributed by atoms with E-state index in [1.54, 1.807) is 23.7 Å². The zero-order valence-electron chi connectivity index (χ0n) is 12.5. The lowest BCUT2D eigenvalue weighted by Gasteiger charge is -2.13. The van der Waals surface area contributed by atoms with Crippen molar-refractivity contribution in [2.24, 2.45) is 0 Å². The molecule has 1 atom stereocenters. The highest BCUT2D eigenvalue weighted by Gasteiger charge is 2.17. The first-order valence-corrected chi connectivity index (χ1v) is 8.33. The van der Waals surface area contributed by atoms with Crippen LogP contribution in [0.15, 0.2) is 76.0 Å². The lowest BCUT2D eigenvalue weighted by molar-refractivity contribution is -0.116. The molecule has 2 aromatic heterocycles. The molecule has 2 heterocycles. The predicted octanol–water partition coefficient (Wildman–Crippen LogP) is 4.30. The van der Waals surface area contributed by atoms with Crippen molar-refractivity contribution in [3.8, 4) is 0 Å². The quantitative estimate of drug-likeness (QED) is 0.687. The van der Waals surface area contributed by atoms with E-state index < -0.39 is 0 Å². The molecule has 3 rings (SSSR count). The second kappa shape index (κ2) is 7.61. The van der Waals surface area contributed by atoms with E-state index in [0.717, 1.165) is 16.9 Å².